The van der Waals surface area contributed by atoms with Crippen molar-refractivity contribution >= 4 is 52.2 Å². The normalized spacial score (nSPS) is 18.8. The Balaban J connectivity index is 0.00000173. The first-order valence-corrected chi connectivity index (χ1v) is 22.9. The van der Waals surface area contributed by atoms with Gasteiger partial charge < -0.3 is 31.4 Å². The molecule has 3 aliphatic heterocycles. The molecule has 17 heteroatoms. The number of anilines is 1. The molecule has 1 unspecified atom stereocenters. The second-order valence-corrected chi connectivity index (χ2v) is 17.5. The molecule has 0 radical (unpaired) electrons. The molecule has 5 atom stereocenters. The third-order valence-electron chi connectivity index (χ3n) is 12.6. The lowest BCUT2D eigenvalue weighted by Gasteiger charge is -2.30. The fraction of sp³-hybridized carbons (Fsp3) is 0.490. The summed E-state index contributed by atoms with van der Waals surface area (Å²) in [5.74, 6) is -2.61. The zero-order chi connectivity index (χ0) is 47.5. The number of ether oxygens (including phenoxy) is 2. The molecule has 66 heavy (non-hydrogen) atoms. The number of primary amides is 1. The number of aliphatic carboxylic acids is 1. The lowest BCUT2D eigenvalue weighted by atomic mass is 10.0. The number of imide groups is 1. The highest BCUT2D eigenvalue weighted by atomic mass is 16.5. The van der Waals surface area contributed by atoms with Crippen LogP contribution < -0.4 is 32.7 Å². The molecule has 4 aromatic rings. The zero-order valence-electron chi connectivity index (χ0n) is 38.1. The van der Waals surface area contributed by atoms with Gasteiger partial charge in [0.15, 0.2) is 0 Å². The summed E-state index contributed by atoms with van der Waals surface area (Å²) in [5.41, 5.74) is 19.0. The third kappa shape index (κ3) is 12.2. The van der Waals surface area contributed by atoms with Gasteiger partial charge in [-0.05, 0) is 98.6 Å². The molecule has 3 aliphatic rings. The van der Waals surface area contributed by atoms with Gasteiger partial charge in [-0.2, -0.15) is 0 Å². The molecule has 354 valence electrons. The number of hydrogen-bond donors (Lipinski definition) is 5. The van der Waals surface area contributed by atoms with Crippen LogP contribution in [0.15, 0.2) is 65.5 Å². The standard InChI is InChI=1S/C47H59N7O8.C2H4O2/c1-29(36(21-23-40(49)55)50-45(58)39-27-34-13-6-11-33-19-20-35(48)46(59)54(39)42(33)34)62-28-31-17-15-30(16-18-31)9-8-26-61-25-5-3-4-10-32-12-7-14-37-43(32)52(2)47(60)53(37)38-22-24-41(56)51-44(38)57;1-2(3)4/h6-7,11-18,29,35-36,38-39H,3-5,8-10,19-28,48H2,1-2H3,(H2,49,55)(H,50,58)(H,51,56,57);1H3,(H,3,4)/t29-,35+,36+,38?,39+;/m1./s1. The number of nitrogens with zero attached hydrogens (tertiary/aromatic N) is 3. The lowest BCUT2D eigenvalue weighted by Crippen LogP contribution is -2.55. The molecule has 4 heterocycles. The molecule has 7 N–H and O–H groups in total. The molecule has 3 aromatic carbocycles. The van der Waals surface area contributed by atoms with Gasteiger partial charge >= 0.3 is 5.69 Å². The largest absolute Gasteiger partial charge is 0.481 e. The van der Waals surface area contributed by atoms with Crippen LogP contribution in [-0.2, 0) is 77.6 Å². The molecule has 17 nitrogen and oxygen atoms in total. The van der Waals surface area contributed by atoms with Crippen molar-refractivity contribution in [3.63, 3.8) is 0 Å². The number of benzene rings is 3. The van der Waals surface area contributed by atoms with Crippen LogP contribution in [0.25, 0.3) is 11.0 Å². The summed E-state index contributed by atoms with van der Waals surface area (Å²) in [6, 6.07) is 17.3. The Morgan fingerprint density at radius 3 is 2.32 bits per heavy atom. The second-order valence-electron chi connectivity index (χ2n) is 17.5. The van der Waals surface area contributed by atoms with E-state index >= 15 is 0 Å². The maximum Gasteiger partial charge on any atom is 0.329 e. The number of rotatable bonds is 20. The average molecular weight is 910 g/mol. The van der Waals surface area contributed by atoms with Crippen LogP contribution in [0.5, 0.6) is 0 Å². The van der Waals surface area contributed by atoms with Crippen molar-refractivity contribution in [1.29, 1.82) is 0 Å². The minimum absolute atomic E-state index is 0.0769. The number of fused-ring (bicyclic) bond motifs is 1. The highest BCUT2D eigenvalue weighted by Crippen LogP contribution is 2.39. The van der Waals surface area contributed by atoms with Crippen molar-refractivity contribution in [3.05, 3.63) is 99.0 Å². The highest BCUT2D eigenvalue weighted by molar-refractivity contribution is 6.07. The molecule has 1 saturated heterocycles. The average Bonchev–Trinajstić information content (AvgIpc) is 3.76. The van der Waals surface area contributed by atoms with Crippen molar-refractivity contribution in [1.82, 2.24) is 19.8 Å². The van der Waals surface area contributed by atoms with Gasteiger partial charge in [0, 0.05) is 46.4 Å². The van der Waals surface area contributed by atoms with Crippen LogP contribution in [0.2, 0.25) is 0 Å². The fourth-order valence-electron chi connectivity index (χ4n) is 9.14. The van der Waals surface area contributed by atoms with E-state index in [1.807, 2.05) is 55.5 Å². The summed E-state index contributed by atoms with van der Waals surface area (Å²) >= 11 is 0. The molecule has 0 aliphatic carbocycles. The molecule has 0 saturated carbocycles. The van der Waals surface area contributed by atoms with Crippen LogP contribution in [-0.4, -0.2) is 87.2 Å². The topological polar surface area (TPSA) is 247 Å². The number of aryl methyl sites for hydroxylation is 4. The first-order valence-electron chi connectivity index (χ1n) is 22.9. The number of para-hydroxylation sites is 2. The molecule has 1 fully saturated rings. The predicted molar refractivity (Wildman–Crippen MR) is 247 cm³/mol. The molecular weight excluding hydrogens is 847 g/mol. The summed E-state index contributed by atoms with van der Waals surface area (Å²) < 4.78 is 15.3. The monoisotopic (exact) mass is 909 g/mol. The summed E-state index contributed by atoms with van der Waals surface area (Å²) in [7, 11) is 1.73. The third-order valence-corrected chi connectivity index (χ3v) is 12.6. The number of carboxylic acid groups (broad SMARTS) is 1. The van der Waals surface area contributed by atoms with Gasteiger partial charge in [-0.25, -0.2) is 4.79 Å². The second kappa shape index (κ2) is 22.8. The lowest BCUT2D eigenvalue weighted by molar-refractivity contribution is -0.136. The summed E-state index contributed by atoms with van der Waals surface area (Å²) in [6.07, 6.45) is 7.42. The molecule has 5 amide bonds. The van der Waals surface area contributed by atoms with Gasteiger partial charge in [0.05, 0.1) is 41.5 Å². The van der Waals surface area contributed by atoms with Crippen molar-refractivity contribution in [2.45, 2.75) is 134 Å². The predicted octanol–water partition coefficient (Wildman–Crippen LogP) is 3.66. The van der Waals surface area contributed by atoms with Crippen molar-refractivity contribution in [3.8, 4) is 0 Å². The number of aromatic nitrogens is 2. The minimum Gasteiger partial charge on any atom is -0.481 e. The van der Waals surface area contributed by atoms with E-state index < -0.39 is 48.1 Å². The van der Waals surface area contributed by atoms with Gasteiger partial charge in [-0.1, -0.05) is 61.0 Å². The van der Waals surface area contributed by atoms with Gasteiger partial charge in [0.2, 0.25) is 29.5 Å². The molecule has 7 rings (SSSR count). The van der Waals surface area contributed by atoms with E-state index in [0.717, 1.165) is 78.9 Å². The molecular formula is C49H63N7O10. The first kappa shape index (κ1) is 49.3. The zero-order valence-corrected chi connectivity index (χ0v) is 38.1. The number of piperidine rings is 1. The summed E-state index contributed by atoms with van der Waals surface area (Å²) in [5, 5.41) is 12.9. The smallest absolute Gasteiger partial charge is 0.329 e. The van der Waals surface area contributed by atoms with Crippen LogP contribution in [0.1, 0.15) is 105 Å². The van der Waals surface area contributed by atoms with Crippen LogP contribution in [0.3, 0.4) is 0 Å². The van der Waals surface area contributed by atoms with E-state index in [9.17, 15) is 28.8 Å². The SMILES string of the molecule is CC(=O)O.C[C@@H](OCc1ccc(CCCOCCCCCc2cccc3c2n(C)c(=O)n3C2CCC(=O)NC2=O)cc1)[C@H](CCC(N)=O)NC(=O)[C@@H]1Cc2cccc3c2N1C(=O)[C@@H](N)CC3. The van der Waals surface area contributed by atoms with Crippen molar-refractivity contribution < 1.29 is 43.3 Å². The van der Waals surface area contributed by atoms with E-state index in [1.165, 1.54) is 10.1 Å². The van der Waals surface area contributed by atoms with Gasteiger partial charge in [-0.15, -0.1) is 0 Å². The van der Waals surface area contributed by atoms with E-state index in [0.29, 0.717) is 57.4 Å². The van der Waals surface area contributed by atoms with Crippen LogP contribution in [0.4, 0.5) is 5.69 Å². The Hall–Kier alpha value is -6.17. The summed E-state index contributed by atoms with van der Waals surface area (Å²) in [6.45, 7) is 4.59. The summed E-state index contributed by atoms with van der Waals surface area (Å²) in [4.78, 5) is 87.0. The van der Waals surface area contributed by atoms with E-state index in [-0.39, 0.29) is 36.3 Å². The van der Waals surface area contributed by atoms with Crippen molar-refractivity contribution in [2.75, 3.05) is 18.1 Å². The van der Waals surface area contributed by atoms with Gasteiger partial charge in [0.1, 0.15) is 12.1 Å². The maximum atomic E-state index is 13.8. The molecule has 0 spiro atoms. The quantitative estimate of drug-likeness (QED) is 0.0633. The number of unbranched alkanes of at least 4 members (excludes halogenated alkanes) is 2. The van der Waals surface area contributed by atoms with Crippen molar-refractivity contribution in [2.24, 2.45) is 18.5 Å². The number of carboxylic acids is 1. The van der Waals surface area contributed by atoms with Crippen LogP contribution >= 0.6 is 0 Å². The number of carbonyl (C=O) groups is 6. The molecule has 1 aromatic heterocycles. The number of nitrogens with two attached hydrogens (primary N) is 2. The number of nitrogens with one attached hydrogen (secondary N) is 2. The number of carbonyl (C=O) groups excluding carboxylic acids is 5. The van der Waals surface area contributed by atoms with E-state index in [4.69, 9.17) is 30.8 Å². The minimum atomic E-state index is -0.833. The molecule has 0 bridgehead atoms. The Bertz CT molecular complexity index is 2460. The highest BCUT2D eigenvalue weighted by Gasteiger charge is 2.43. The maximum absolute atomic E-state index is 13.8. The number of imidazole rings is 1. The Morgan fingerprint density at radius 1 is 0.894 bits per heavy atom. The van der Waals surface area contributed by atoms with E-state index in [1.54, 1.807) is 16.5 Å². The first-order chi connectivity index (χ1) is 31.6. The number of hydrogen-bond acceptors (Lipinski definition) is 10. The van der Waals surface area contributed by atoms with E-state index in [2.05, 4.69) is 22.8 Å². The van der Waals surface area contributed by atoms with Crippen LogP contribution in [0, 0.1) is 0 Å². The number of amides is 5. The Morgan fingerprint density at radius 2 is 1.59 bits per heavy atom. The Labute approximate surface area is 384 Å². The Kier molecular flexibility index (Phi) is 17.0. The van der Waals surface area contributed by atoms with Gasteiger partial charge in [0.25, 0.3) is 5.97 Å². The van der Waals surface area contributed by atoms with Gasteiger partial charge in [-0.3, -0.25) is 48.1 Å². The fourth-order valence-corrected chi connectivity index (χ4v) is 9.14.